The first kappa shape index (κ1) is 18.4. The second-order valence-corrected chi connectivity index (χ2v) is 7.54. The number of benzene rings is 2. The fourth-order valence-electron chi connectivity index (χ4n) is 3.48. The predicted octanol–water partition coefficient (Wildman–Crippen LogP) is 2.89. The van der Waals surface area contributed by atoms with Crippen molar-refractivity contribution in [1.82, 2.24) is 10.1 Å². The lowest BCUT2D eigenvalue weighted by atomic mass is 10.0. The Labute approximate surface area is 165 Å². The van der Waals surface area contributed by atoms with E-state index in [-0.39, 0.29) is 17.0 Å². The number of carbonyl (C=O) groups excluding carboxylic acids is 1. The Morgan fingerprint density at radius 3 is 2.68 bits per heavy atom. The van der Waals surface area contributed by atoms with Crippen molar-refractivity contribution in [3.05, 3.63) is 70.3 Å². The summed E-state index contributed by atoms with van der Waals surface area (Å²) in [6.45, 7) is 3.37. The van der Waals surface area contributed by atoms with E-state index in [4.69, 9.17) is 0 Å². The second kappa shape index (κ2) is 7.20. The molecule has 1 aromatic heterocycles. The zero-order chi connectivity index (χ0) is 19.8. The average molecular weight is 397 g/mol. The van der Waals surface area contributed by atoms with E-state index in [0.29, 0.717) is 27.9 Å². The minimum atomic E-state index is -0.901. The molecule has 2 aromatic carbocycles. The van der Waals surface area contributed by atoms with Crippen LogP contribution in [0.15, 0.2) is 58.5 Å². The van der Waals surface area contributed by atoms with Crippen LogP contribution >= 0.6 is 11.8 Å². The van der Waals surface area contributed by atoms with E-state index in [1.165, 1.54) is 34.3 Å². The van der Waals surface area contributed by atoms with Crippen molar-refractivity contribution < 1.29 is 13.9 Å². The van der Waals surface area contributed by atoms with E-state index in [9.17, 15) is 14.0 Å². The van der Waals surface area contributed by atoms with E-state index in [1.54, 1.807) is 42.5 Å². The largest absolute Gasteiger partial charge is 0.325 e. The van der Waals surface area contributed by atoms with Crippen molar-refractivity contribution in [2.24, 2.45) is 0 Å². The number of hydrogen-bond donors (Lipinski definition) is 1. The minimum absolute atomic E-state index is 0.268. The summed E-state index contributed by atoms with van der Waals surface area (Å²) in [5.41, 5.74) is 1.35. The van der Waals surface area contributed by atoms with Gasteiger partial charge < -0.3 is 0 Å². The SMILES string of the molecule is CCSc1n[n+]2c(c(=O)[nH]1)-c1ccccc1N(C(C)=O)[C@@H]2c1ccccc1F. The molecule has 0 unspecified atom stereocenters. The van der Waals surface area contributed by atoms with Gasteiger partial charge in [0.25, 0.3) is 6.17 Å². The zero-order valence-corrected chi connectivity index (χ0v) is 16.2. The summed E-state index contributed by atoms with van der Waals surface area (Å²) >= 11 is 1.37. The van der Waals surface area contributed by atoms with Crippen LogP contribution < -0.4 is 15.1 Å². The number of hydrogen-bond acceptors (Lipinski definition) is 4. The van der Waals surface area contributed by atoms with Crippen molar-refractivity contribution in [2.75, 3.05) is 10.7 Å². The van der Waals surface area contributed by atoms with Gasteiger partial charge in [-0.15, -0.1) is 0 Å². The Kier molecular flexibility index (Phi) is 4.72. The van der Waals surface area contributed by atoms with Gasteiger partial charge in [0.2, 0.25) is 11.1 Å². The third-order valence-electron chi connectivity index (χ3n) is 4.56. The molecule has 0 saturated heterocycles. The molecule has 142 valence electrons. The molecule has 1 amide bonds. The standard InChI is InChI=1S/C20H17FN4O2S/c1-3-28-20-22-18(27)17-14-9-5-7-11-16(14)24(12(2)26)19(25(17)23-20)13-8-4-6-10-15(13)21/h4-11,19H,3H2,1-2H3/p+1/t19-/m0/s1. The quantitative estimate of drug-likeness (QED) is 0.545. The van der Waals surface area contributed by atoms with Crippen LogP contribution in [0.1, 0.15) is 25.6 Å². The molecule has 0 saturated carbocycles. The highest BCUT2D eigenvalue weighted by Gasteiger charge is 2.45. The number of aromatic amines is 1. The second-order valence-electron chi connectivity index (χ2n) is 6.29. The number of nitrogens with zero attached hydrogens (tertiary/aromatic N) is 3. The maximum absolute atomic E-state index is 14.8. The Hall–Kier alpha value is -3.00. The van der Waals surface area contributed by atoms with Crippen LogP contribution in [0.4, 0.5) is 10.1 Å². The summed E-state index contributed by atoms with van der Waals surface area (Å²) < 4.78 is 16.2. The molecular formula is C20H18FN4O2S+. The van der Waals surface area contributed by atoms with Crippen molar-refractivity contribution >= 4 is 23.4 Å². The van der Waals surface area contributed by atoms with Crippen LogP contribution in [0, 0.1) is 5.82 Å². The lowest BCUT2D eigenvalue weighted by molar-refractivity contribution is -0.763. The lowest BCUT2D eigenvalue weighted by Crippen LogP contribution is -2.60. The average Bonchev–Trinajstić information content (AvgIpc) is 2.67. The van der Waals surface area contributed by atoms with E-state index in [2.05, 4.69) is 10.1 Å². The number of para-hydroxylation sites is 1. The number of thioether (sulfide) groups is 1. The molecule has 0 fully saturated rings. The normalized spacial score (nSPS) is 15.1. The number of rotatable bonds is 3. The van der Waals surface area contributed by atoms with Gasteiger partial charge in [-0.05, 0) is 34.7 Å². The molecule has 28 heavy (non-hydrogen) atoms. The Balaban J connectivity index is 2.09. The summed E-state index contributed by atoms with van der Waals surface area (Å²) in [5, 5.41) is 4.97. The van der Waals surface area contributed by atoms with Gasteiger partial charge in [-0.1, -0.05) is 43.0 Å². The Bertz CT molecular complexity index is 1130. The summed E-state index contributed by atoms with van der Waals surface area (Å²) in [4.78, 5) is 29.8. The maximum atomic E-state index is 14.8. The Morgan fingerprint density at radius 2 is 1.96 bits per heavy atom. The molecule has 0 bridgehead atoms. The first-order chi connectivity index (χ1) is 13.5. The van der Waals surface area contributed by atoms with E-state index in [1.807, 2.05) is 6.92 Å². The molecule has 1 aliphatic heterocycles. The van der Waals surface area contributed by atoms with Gasteiger partial charge in [0, 0.05) is 12.0 Å². The van der Waals surface area contributed by atoms with Gasteiger partial charge >= 0.3 is 11.3 Å². The maximum Gasteiger partial charge on any atom is 0.325 e. The summed E-state index contributed by atoms with van der Waals surface area (Å²) in [5.74, 6) is -0.0337. The molecule has 1 atom stereocenters. The minimum Gasteiger partial charge on any atom is -0.291 e. The number of halogens is 1. The van der Waals surface area contributed by atoms with E-state index < -0.39 is 12.0 Å². The number of amides is 1. The number of carbonyl (C=O) groups is 1. The van der Waals surface area contributed by atoms with Crippen LogP contribution in [-0.4, -0.2) is 21.7 Å². The highest BCUT2D eigenvalue weighted by atomic mass is 32.2. The van der Waals surface area contributed by atoms with E-state index in [0.717, 1.165) is 0 Å². The van der Waals surface area contributed by atoms with E-state index >= 15 is 0 Å². The topological polar surface area (TPSA) is 69.9 Å². The number of anilines is 1. The first-order valence-electron chi connectivity index (χ1n) is 8.85. The molecule has 6 nitrogen and oxygen atoms in total. The van der Waals surface area contributed by atoms with Gasteiger partial charge in [0.1, 0.15) is 5.82 Å². The molecule has 4 rings (SSSR count). The van der Waals surface area contributed by atoms with Crippen LogP contribution in [0.25, 0.3) is 11.3 Å². The summed E-state index contributed by atoms with van der Waals surface area (Å²) in [6, 6.07) is 13.3. The molecule has 1 N–H and O–H groups in total. The van der Waals surface area contributed by atoms with Crippen LogP contribution in [0.5, 0.6) is 0 Å². The predicted molar refractivity (Wildman–Crippen MR) is 105 cm³/mol. The van der Waals surface area contributed by atoms with Gasteiger partial charge in [0.15, 0.2) is 0 Å². The van der Waals surface area contributed by atoms with Crippen molar-refractivity contribution in [3.63, 3.8) is 0 Å². The van der Waals surface area contributed by atoms with Crippen molar-refractivity contribution in [2.45, 2.75) is 25.2 Å². The molecule has 1 aliphatic rings. The molecular weight excluding hydrogens is 379 g/mol. The van der Waals surface area contributed by atoms with Crippen LogP contribution in [-0.2, 0) is 4.79 Å². The Morgan fingerprint density at radius 1 is 1.25 bits per heavy atom. The van der Waals surface area contributed by atoms with Crippen molar-refractivity contribution in [1.29, 1.82) is 0 Å². The highest BCUT2D eigenvalue weighted by molar-refractivity contribution is 7.99. The van der Waals surface area contributed by atoms with Crippen LogP contribution in [0.2, 0.25) is 0 Å². The van der Waals surface area contributed by atoms with Gasteiger partial charge in [-0.3, -0.25) is 14.6 Å². The number of nitrogens with one attached hydrogen (secondary N) is 1. The summed E-state index contributed by atoms with van der Waals surface area (Å²) in [6.07, 6.45) is -0.901. The van der Waals surface area contributed by atoms with Gasteiger partial charge in [0.05, 0.1) is 16.8 Å². The summed E-state index contributed by atoms with van der Waals surface area (Å²) in [7, 11) is 0. The number of H-pyrrole nitrogens is 1. The monoisotopic (exact) mass is 397 g/mol. The number of aromatic nitrogens is 3. The fraction of sp³-hybridized carbons (Fsp3) is 0.200. The lowest BCUT2D eigenvalue weighted by Gasteiger charge is -2.31. The highest BCUT2D eigenvalue weighted by Crippen LogP contribution is 2.37. The van der Waals surface area contributed by atoms with Crippen LogP contribution in [0.3, 0.4) is 0 Å². The molecule has 0 spiro atoms. The smallest absolute Gasteiger partial charge is 0.291 e. The van der Waals surface area contributed by atoms with Crippen molar-refractivity contribution in [3.8, 4) is 11.3 Å². The fourth-order valence-corrected chi connectivity index (χ4v) is 4.06. The zero-order valence-electron chi connectivity index (χ0n) is 15.3. The number of fused-ring (bicyclic) bond motifs is 3. The molecule has 0 aliphatic carbocycles. The molecule has 8 heteroatoms. The third kappa shape index (κ3) is 2.90. The first-order valence-corrected chi connectivity index (χ1v) is 9.84. The van der Waals surface area contributed by atoms with Gasteiger partial charge in [-0.25, -0.2) is 9.29 Å². The molecule has 3 aromatic rings. The third-order valence-corrected chi connectivity index (χ3v) is 5.31. The molecule has 2 heterocycles. The molecule has 0 radical (unpaired) electrons. The van der Waals surface area contributed by atoms with Gasteiger partial charge in [-0.2, -0.15) is 0 Å².